The number of allylic oxidation sites excluding steroid dienone is 2. The van der Waals surface area contributed by atoms with Gasteiger partial charge in [-0.25, -0.2) is 9.67 Å². The van der Waals surface area contributed by atoms with Gasteiger partial charge in [-0.05, 0) is 36.3 Å². The Labute approximate surface area is 168 Å². The fourth-order valence-corrected chi connectivity index (χ4v) is 3.15. The first-order chi connectivity index (χ1) is 14.2. The number of fused-ring (bicyclic) bond motifs is 1. The largest absolute Gasteiger partial charge is 0.324 e. The monoisotopic (exact) mass is 383 g/mol. The minimum absolute atomic E-state index is 0.0959. The molecule has 0 aliphatic heterocycles. The normalized spacial score (nSPS) is 11.2. The first-order valence-corrected chi connectivity index (χ1v) is 9.45. The van der Waals surface area contributed by atoms with Gasteiger partial charge in [0.1, 0.15) is 0 Å². The lowest BCUT2D eigenvalue weighted by atomic mass is 10.1. The zero-order valence-electron chi connectivity index (χ0n) is 16.1. The van der Waals surface area contributed by atoms with E-state index in [0.717, 1.165) is 27.8 Å². The van der Waals surface area contributed by atoms with Gasteiger partial charge in [-0.3, -0.25) is 4.79 Å². The van der Waals surface area contributed by atoms with Crippen LogP contribution in [0.5, 0.6) is 0 Å². The summed E-state index contributed by atoms with van der Waals surface area (Å²) in [6.45, 7) is 2.41. The van der Waals surface area contributed by atoms with E-state index in [0.29, 0.717) is 18.9 Å². The zero-order valence-corrected chi connectivity index (χ0v) is 16.1. The summed E-state index contributed by atoms with van der Waals surface area (Å²) in [5.74, 6) is 0.620. The molecule has 0 spiro atoms. The van der Waals surface area contributed by atoms with Crippen LogP contribution < -0.4 is 5.32 Å². The highest BCUT2D eigenvalue weighted by atomic mass is 16.1. The first-order valence-electron chi connectivity index (χ1n) is 9.45. The van der Waals surface area contributed by atoms with Crippen LogP contribution in [0.2, 0.25) is 0 Å². The number of anilines is 2. The van der Waals surface area contributed by atoms with Gasteiger partial charge in [-0.15, -0.1) is 0 Å². The van der Waals surface area contributed by atoms with E-state index >= 15 is 0 Å². The molecule has 4 rings (SSSR count). The molecule has 0 saturated heterocycles. The quantitative estimate of drug-likeness (QED) is 0.482. The molecule has 2 aromatic heterocycles. The number of carbonyl (C=O) groups is 1. The molecule has 0 radical (unpaired) electrons. The van der Waals surface area contributed by atoms with Crippen molar-refractivity contribution in [3.05, 3.63) is 90.3 Å². The molecular weight excluding hydrogens is 362 g/mol. The van der Waals surface area contributed by atoms with E-state index in [9.17, 15) is 4.79 Å². The van der Waals surface area contributed by atoms with Gasteiger partial charge in [-0.2, -0.15) is 10.1 Å². The van der Waals surface area contributed by atoms with Crippen molar-refractivity contribution in [2.75, 3.05) is 5.32 Å². The van der Waals surface area contributed by atoms with Crippen LogP contribution in [-0.2, 0) is 17.8 Å². The number of para-hydroxylation sites is 1. The van der Waals surface area contributed by atoms with Gasteiger partial charge in [0, 0.05) is 18.3 Å². The Balaban J connectivity index is 1.56. The van der Waals surface area contributed by atoms with Crippen molar-refractivity contribution in [1.82, 2.24) is 19.7 Å². The summed E-state index contributed by atoms with van der Waals surface area (Å²) < 4.78 is 1.85. The summed E-state index contributed by atoms with van der Waals surface area (Å²) in [7, 11) is 0. The molecule has 0 aliphatic rings. The average Bonchev–Trinajstić information content (AvgIpc) is 3.11. The highest BCUT2D eigenvalue weighted by Crippen LogP contribution is 2.17. The standard InChI is InChI=1S/C23H21N5O/c1-2-7-21(29)13-17-8-6-9-18(12-17)16-28-22-19(15-25-28)14-24-23(27-22)26-20-10-4-3-5-11-20/h2-12,14-15H,13,16H2,1H3,(H,24,26,27)/b7-2+. The number of carbonyl (C=O) groups excluding carboxylic acids is 1. The van der Waals surface area contributed by atoms with Crippen molar-refractivity contribution < 1.29 is 4.79 Å². The van der Waals surface area contributed by atoms with Crippen LogP contribution in [0.15, 0.2) is 79.1 Å². The molecule has 4 aromatic rings. The van der Waals surface area contributed by atoms with Crippen molar-refractivity contribution in [1.29, 1.82) is 0 Å². The van der Waals surface area contributed by atoms with Gasteiger partial charge >= 0.3 is 0 Å². The van der Waals surface area contributed by atoms with E-state index in [2.05, 4.69) is 20.4 Å². The molecule has 1 N–H and O–H groups in total. The predicted octanol–water partition coefficient (Wildman–Crippen LogP) is 4.31. The average molecular weight is 383 g/mol. The molecule has 0 unspecified atom stereocenters. The van der Waals surface area contributed by atoms with E-state index in [1.54, 1.807) is 24.5 Å². The second-order valence-corrected chi connectivity index (χ2v) is 6.73. The van der Waals surface area contributed by atoms with E-state index in [-0.39, 0.29) is 5.78 Å². The fourth-order valence-electron chi connectivity index (χ4n) is 3.15. The number of hydrogen-bond donors (Lipinski definition) is 1. The maximum Gasteiger partial charge on any atom is 0.229 e. The molecule has 29 heavy (non-hydrogen) atoms. The lowest BCUT2D eigenvalue weighted by Gasteiger charge is -2.07. The number of nitrogens with zero attached hydrogens (tertiary/aromatic N) is 4. The number of rotatable bonds is 7. The zero-order chi connectivity index (χ0) is 20.1. The Morgan fingerprint density at radius 3 is 2.72 bits per heavy atom. The van der Waals surface area contributed by atoms with Crippen LogP contribution in [0.3, 0.4) is 0 Å². The summed E-state index contributed by atoms with van der Waals surface area (Å²) >= 11 is 0. The second-order valence-electron chi connectivity index (χ2n) is 6.73. The number of aromatic nitrogens is 4. The van der Waals surface area contributed by atoms with Crippen LogP contribution in [0.1, 0.15) is 18.1 Å². The van der Waals surface area contributed by atoms with Crippen molar-refractivity contribution in [2.45, 2.75) is 19.9 Å². The molecule has 6 nitrogen and oxygen atoms in total. The maximum absolute atomic E-state index is 11.9. The summed E-state index contributed by atoms with van der Waals surface area (Å²) in [5.41, 5.74) is 3.74. The molecule has 0 atom stereocenters. The van der Waals surface area contributed by atoms with Crippen LogP contribution >= 0.6 is 0 Å². The molecule has 0 saturated carbocycles. The maximum atomic E-state index is 11.9. The summed E-state index contributed by atoms with van der Waals surface area (Å²) in [5, 5.41) is 8.56. The van der Waals surface area contributed by atoms with Gasteiger partial charge < -0.3 is 5.32 Å². The molecule has 2 aromatic carbocycles. The molecule has 0 aliphatic carbocycles. The predicted molar refractivity (Wildman–Crippen MR) is 114 cm³/mol. The molecule has 0 fully saturated rings. The molecular formula is C23H21N5O. The Morgan fingerprint density at radius 2 is 1.90 bits per heavy atom. The fraction of sp³-hybridized carbons (Fsp3) is 0.130. The van der Waals surface area contributed by atoms with Crippen molar-refractivity contribution in [3.63, 3.8) is 0 Å². The van der Waals surface area contributed by atoms with Crippen LogP contribution in [0, 0.1) is 0 Å². The Morgan fingerprint density at radius 1 is 1.07 bits per heavy atom. The number of nitrogens with one attached hydrogen (secondary N) is 1. The van der Waals surface area contributed by atoms with Gasteiger partial charge in [-0.1, -0.05) is 48.5 Å². The minimum atomic E-state index is 0.0959. The third-order valence-corrected chi connectivity index (χ3v) is 4.46. The molecule has 6 heteroatoms. The SMILES string of the molecule is C/C=C/C(=O)Cc1cccc(Cn2ncc3cnc(Nc4ccccc4)nc32)c1. The summed E-state index contributed by atoms with van der Waals surface area (Å²) in [6.07, 6.45) is 7.30. The van der Waals surface area contributed by atoms with Gasteiger partial charge in [0.15, 0.2) is 11.4 Å². The smallest absolute Gasteiger partial charge is 0.229 e. The molecule has 2 heterocycles. The van der Waals surface area contributed by atoms with Crippen LogP contribution in [-0.4, -0.2) is 25.5 Å². The van der Waals surface area contributed by atoms with E-state index in [4.69, 9.17) is 0 Å². The van der Waals surface area contributed by atoms with E-state index < -0.39 is 0 Å². The van der Waals surface area contributed by atoms with Gasteiger partial charge in [0.25, 0.3) is 0 Å². The Bertz CT molecular complexity index is 1160. The first kappa shape index (κ1) is 18.6. The molecule has 0 amide bonds. The second kappa shape index (κ2) is 8.48. The Hall–Kier alpha value is -3.80. The van der Waals surface area contributed by atoms with Crippen LogP contribution in [0.4, 0.5) is 11.6 Å². The number of benzene rings is 2. The third kappa shape index (κ3) is 4.55. The lowest BCUT2D eigenvalue weighted by molar-refractivity contribution is -0.114. The van der Waals surface area contributed by atoms with Gasteiger partial charge in [0.2, 0.25) is 5.95 Å². The third-order valence-electron chi connectivity index (χ3n) is 4.46. The highest BCUT2D eigenvalue weighted by Gasteiger charge is 2.09. The number of hydrogen-bond acceptors (Lipinski definition) is 5. The summed E-state index contributed by atoms with van der Waals surface area (Å²) in [6, 6.07) is 17.8. The molecule has 0 bridgehead atoms. The Kier molecular flexibility index (Phi) is 5.42. The molecule has 144 valence electrons. The van der Waals surface area contributed by atoms with Crippen molar-refractivity contribution in [2.24, 2.45) is 0 Å². The van der Waals surface area contributed by atoms with Crippen molar-refractivity contribution >= 4 is 28.5 Å². The lowest BCUT2D eigenvalue weighted by Crippen LogP contribution is -2.05. The van der Waals surface area contributed by atoms with Gasteiger partial charge in [0.05, 0.1) is 18.1 Å². The van der Waals surface area contributed by atoms with E-state index in [1.165, 1.54) is 0 Å². The minimum Gasteiger partial charge on any atom is -0.324 e. The summed E-state index contributed by atoms with van der Waals surface area (Å²) in [4.78, 5) is 20.9. The van der Waals surface area contributed by atoms with Crippen molar-refractivity contribution in [3.8, 4) is 0 Å². The topological polar surface area (TPSA) is 72.7 Å². The van der Waals surface area contributed by atoms with E-state index in [1.807, 2.05) is 66.2 Å². The van der Waals surface area contributed by atoms with Crippen LogP contribution in [0.25, 0.3) is 11.0 Å². The highest BCUT2D eigenvalue weighted by molar-refractivity contribution is 5.91. The number of ketones is 1.